The Kier molecular flexibility index (Phi) is 5.63. The molecule has 0 saturated heterocycles. The molecule has 1 aromatic heterocycles. The van der Waals surface area contributed by atoms with E-state index in [4.69, 9.17) is 14.1 Å². The van der Waals surface area contributed by atoms with Crippen molar-refractivity contribution in [3.63, 3.8) is 0 Å². The van der Waals surface area contributed by atoms with E-state index >= 15 is 0 Å². The van der Waals surface area contributed by atoms with Gasteiger partial charge in [0.2, 0.25) is 5.82 Å². The van der Waals surface area contributed by atoms with E-state index in [-0.39, 0.29) is 23.7 Å². The number of ether oxygens (including phenoxy) is 2. The van der Waals surface area contributed by atoms with Crippen molar-refractivity contribution >= 4 is 11.7 Å². The molecule has 0 aliphatic heterocycles. The summed E-state index contributed by atoms with van der Waals surface area (Å²) in [5.74, 6) is 1.22. The van der Waals surface area contributed by atoms with Gasteiger partial charge in [-0.2, -0.15) is 0 Å². The van der Waals surface area contributed by atoms with E-state index < -0.39 is 0 Å². The van der Waals surface area contributed by atoms with Crippen LogP contribution in [-0.4, -0.2) is 29.9 Å². The molecule has 0 fully saturated rings. The fourth-order valence-corrected chi connectivity index (χ4v) is 2.58. The molecule has 0 saturated carbocycles. The highest BCUT2D eigenvalue weighted by Crippen LogP contribution is 2.26. The van der Waals surface area contributed by atoms with Gasteiger partial charge in [-0.15, -0.1) is 0 Å². The Morgan fingerprint density at radius 3 is 2.25 bits per heavy atom. The molecule has 3 aromatic rings. The van der Waals surface area contributed by atoms with Crippen LogP contribution in [0.3, 0.4) is 0 Å². The molecule has 0 radical (unpaired) electrons. The van der Waals surface area contributed by atoms with Crippen molar-refractivity contribution in [1.82, 2.24) is 10.3 Å². The SMILES string of the molecule is COc1ccc(-c2nonc2NC(=O)COc2ccc(C(C)(C)C)cc2)cc1. The van der Waals surface area contributed by atoms with Crippen LogP contribution in [0.15, 0.2) is 53.2 Å². The molecule has 0 aliphatic rings. The van der Waals surface area contributed by atoms with Crippen molar-refractivity contribution in [1.29, 1.82) is 0 Å². The molecule has 146 valence electrons. The van der Waals surface area contributed by atoms with Gasteiger partial charge in [-0.05, 0) is 57.7 Å². The van der Waals surface area contributed by atoms with E-state index in [2.05, 4.69) is 36.4 Å². The predicted octanol–water partition coefficient (Wildman–Crippen LogP) is 4.06. The molecule has 1 N–H and O–H groups in total. The number of hydrogen-bond acceptors (Lipinski definition) is 6. The Bertz CT molecular complexity index is 926. The number of aromatic nitrogens is 2. The zero-order valence-corrected chi connectivity index (χ0v) is 16.4. The van der Waals surface area contributed by atoms with Crippen LogP contribution in [0, 0.1) is 0 Å². The minimum atomic E-state index is -0.356. The van der Waals surface area contributed by atoms with Crippen molar-refractivity contribution in [2.75, 3.05) is 19.0 Å². The van der Waals surface area contributed by atoms with E-state index in [9.17, 15) is 4.79 Å². The van der Waals surface area contributed by atoms with Crippen LogP contribution >= 0.6 is 0 Å². The maximum Gasteiger partial charge on any atom is 0.263 e. The Morgan fingerprint density at radius 2 is 1.64 bits per heavy atom. The second kappa shape index (κ2) is 8.12. The molecule has 1 heterocycles. The zero-order chi connectivity index (χ0) is 20.1. The monoisotopic (exact) mass is 381 g/mol. The average Bonchev–Trinajstić information content (AvgIpc) is 3.14. The molecule has 0 aliphatic carbocycles. The summed E-state index contributed by atoms with van der Waals surface area (Å²) in [6.07, 6.45) is 0. The lowest BCUT2D eigenvalue weighted by Gasteiger charge is -2.19. The summed E-state index contributed by atoms with van der Waals surface area (Å²) >= 11 is 0. The first-order valence-electron chi connectivity index (χ1n) is 8.87. The first-order valence-corrected chi connectivity index (χ1v) is 8.87. The van der Waals surface area contributed by atoms with Crippen molar-refractivity contribution in [2.45, 2.75) is 26.2 Å². The topological polar surface area (TPSA) is 86.5 Å². The molecule has 7 nitrogen and oxygen atoms in total. The highest BCUT2D eigenvalue weighted by Gasteiger charge is 2.16. The van der Waals surface area contributed by atoms with E-state index in [1.807, 2.05) is 24.3 Å². The molecule has 0 atom stereocenters. The number of amides is 1. The first-order chi connectivity index (χ1) is 13.4. The number of hydrogen-bond donors (Lipinski definition) is 1. The van der Waals surface area contributed by atoms with Gasteiger partial charge in [-0.3, -0.25) is 4.79 Å². The van der Waals surface area contributed by atoms with Gasteiger partial charge in [0.15, 0.2) is 12.3 Å². The second-order valence-electron chi connectivity index (χ2n) is 7.30. The molecule has 1 amide bonds. The molecule has 0 bridgehead atoms. The quantitative estimate of drug-likeness (QED) is 0.693. The minimum absolute atomic E-state index is 0.0632. The maximum atomic E-state index is 12.2. The van der Waals surface area contributed by atoms with Gasteiger partial charge in [0, 0.05) is 5.56 Å². The number of anilines is 1. The van der Waals surface area contributed by atoms with Gasteiger partial charge in [-0.1, -0.05) is 32.9 Å². The lowest BCUT2D eigenvalue weighted by Crippen LogP contribution is -2.20. The zero-order valence-electron chi connectivity index (χ0n) is 16.4. The fourth-order valence-electron chi connectivity index (χ4n) is 2.58. The third-order valence-electron chi connectivity index (χ3n) is 4.20. The summed E-state index contributed by atoms with van der Waals surface area (Å²) in [5.41, 5.74) is 2.44. The summed E-state index contributed by atoms with van der Waals surface area (Å²) in [6, 6.07) is 14.9. The molecule has 3 rings (SSSR count). The Labute approximate surface area is 163 Å². The van der Waals surface area contributed by atoms with Gasteiger partial charge in [0.25, 0.3) is 5.91 Å². The molecule has 0 spiro atoms. The number of methoxy groups -OCH3 is 1. The lowest BCUT2D eigenvalue weighted by molar-refractivity contribution is -0.118. The number of nitrogens with zero attached hydrogens (tertiary/aromatic N) is 2. The van der Waals surface area contributed by atoms with Crippen LogP contribution in [0.25, 0.3) is 11.3 Å². The van der Waals surface area contributed by atoms with Crippen molar-refractivity contribution < 1.29 is 18.9 Å². The third-order valence-corrected chi connectivity index (χ3v) is 4.20. The minimum Gasteiger partial charge on any atom is -0.497 e. The van der Waals surface area contributed by atoms with Crippen molar-refractivity contribution in [3.8, 4) is 22.8 Å². The van der Waals surface area contributed by atoms with E-state index in [0.717, 1.165) is 11.3 Å². The summed E-state index contributed by atoms with van der Waals surface area (Å²) < 4.78 is 15.5. The van der Waals surface area contributed by atoms with E-state index in [1.54, 1.807) is 31.4 Å². The van der Waals surface area contributed by atoms with Crippen LogP contribution in [-0.2, 0) is 10.2 Å². The molecular formula is C21H23N3O4. The van der Waals surface area contributed by atoms with Crippen molar-refractivity contribution in [3.05, 3.63) is 54.1 Å². The fraction of sp³-hybridized carbons (Fsp3) is 0.286. The van der Waals surface area contributed by atoms with Crippen LogP contribution in [0.5, 0.6) is 11.5 Å². The Hall–Kier alpha value is -3.35. The standard InChI is InChI=1S/C21H23N3O4/c1-21(2,3)15-7-11-17(12-8-15)27-13-18(25)22-20-19(23-28-24-20)14-5-9-16(26-4)10-6-14/h5-12H,13H2,1-4H3,(H,22,24,25). The highest BCUT2D eigenvalue weighted by molar-refractivity contribution is 5.94. The average molecular weight is 381 g/mol. The first kappa shape index (κ1) is 19.4. The summed E-state index contributed by atoms with van der Waals surface area (Å²) in [5, 5.41) is 10.3. The number of rotatable bonds is 6. The Morgan fingerprint density at radius 1 is 1.00 bits per heavy atom. The van der Waals surface area contributed by atoms with Crippen LogP contribution in [0.2, 0.25) is 0 Å². The molecule has 28 heavy (non-hydrogen) atoms. The largest absolute Gasteiger partial charge is 0.497 e. The molecule has 2 aromatic carbocycles. The molecule has 7 heteroatoms. The van der Waals surface area contributed by atoms with Crippen LogP contribution in [0.1, 0.15) is 26.3 Å². The summed E-state index contributed by atoms with van der Waals surface area (Å²) in [6.45, 7) is 6.28. The van der Waals surface area contributed by atoms with Gasteiger partial charge in [0.05, 0.1) is 7.11 Å². The van der Waals surface area contributed by atoms with E-state index in [1.165, 1.54) is 5.56 Å². The van der Waals surface area contributed by atoms with Gasteiger partial charge in [0.1, 0.15) is 11.5 Å². The summed E-state index contributed by atoms with van der Waals surface area (Å²) in [4.78, 5) is 12.2. The highest BCUT2D eigenvalue weighted by atomic mass is 16.6. The van der Waals surface area contributed by atoms with Crippen LogP contribution < -0.4 is 14.8 Å². The third kappa shape index (κ3) is 4.68. The Balaban J connectivity index is 1.60. The van der Waals surface area contributed by atoms with Gasteiger partial charge in [-0.25, -0.2) is 4.63 Å². The smallest absolute Gasteiger partial charge is 0.263 e. The molecular weight excluding hydrogens is 358 g/mol. The van der Waals surface area contributed by atoms with Gasteiger partial charge < -0.3 is 14.8 Å². The number of carbonyl (C=O) groups excluding carboxylic acids is 1. The maximum absolute atomic E-state index is 12.2. The van der Waals surface area contributed by atoms with E-state index in [0.29, 0.717) is 11.4 Å². The van der Waals surface area contributed by atoms with Crippen LogP contribution in [0.4, 0.5) is 5.82 Å². The number of nitrogens with one attached hydrogen (secondary N) is 1. The van der Waals surface area contributed by atoms with Crippen molar-refractivity contribution in [2.24, 2.45) is 0 Å². The second-order valence-corrected chi connectivity index (χ2v) is 7.30. The summed E-state index contributed by atoms with van der Waals surface area (Å²) in [7, 11) is 1.59. The number of carbonyl (C=O) groups is 1. The molecule has 0 unspecified atom stereocenters. The van der Waals surface area contributed by atoms with Gasteiger partial charge >= 0.3 is 0 Å². The normalized spacial score (nSPS) is 11.1. The number of benzene rings is 2. The lowest BCUT2D eigenvalue weighted by atomic mass is 9.87. The predicted molar refractivity (Wildman–Crippen MR) is 106 cm³/mol.